The van der Waals surface area contributed by atoms with E-state index in [0.717, 1.165) is 10.0 Å². The fraction of sp³-hybridized carbons (Fsp3) is 0.0769. The van der Waals surface area contributed by atoms with E-state index in [4.69, 9.17) is 0 Å². The van der Waals surface area contributed by atoms with E-state index in [1.807, 2.05) is 30.3 Å². The highest BCUT2D eigenvalue weighted by Gasteiger charge is 2.16. The standard InChI is InChI=1S/C13H11BrN2OS/c14-10-6-4-9(5-7-10)12(18)13(17)16-11-3-1-2-8-15-11/h1-8,12,18H,(H,15,16,17). The summed E-state index contributed by atoms with van der Waals surface area (Å²) in [6, 6.07) is 12.8. The highest BCUT2D eigenvalue weighted by molar-refractivity contribution is 9.10. The predicted molar refractivity (Wildman–Crippen MR) is 78.7 cm³/mol. The number of anilines is 1. The second kappa shape index (κ2) is 6.02. The molecule has 1 aromatic carbocycles. The fourth-order valence-electron chi connectivity index (χ4n) is 1.43. The molecule has 0 saturated heterocycles. The summed E-state index contributed by atoms with van der Waals surface area (Å²) in [6.07, 6.45) is 1.63. The molecule has 0 saturated carbocycles. The van der Waals surface area contributed by atoms with Crippen molar-refractivity contribution >= 4 is 40.3 Å². The minimum absolute atomic E-state index is 0.195. The average molecular weight is 323 g/mol. The Morgan fingerprint density at radius 3 is 2.56 bits per heavy atom. The first-order chi connectivity index (χ1) is 8.66. The monoisotopic (exact) mass is 322 g/mol. The maximum absolute atomic E-state index is 12.0. The second-order valence-electron chi connectivity index (χ2n) is 3.66. The summed E-state index contributed by atoms with van der Waals surface area (Å²) in [5, 5.41) is 2.20. The van der Waals surface area contributed by atoms with E-state index in [-0.39, 0.29) is 5.91 Å². The van der Waals surface area contributed by atoms with Crippen molar-refractivity contribution in [2.75, 3.05) is 5.32 Å². The SMILES string of the molecule is O=C(Nc1ccccn1)C(S)c1ccc(Br)cc1. The van der Waals surface area contributed by atoms with Crippen LogP contribution in [0.15, 0.2) is 53.1 Å². The molecular formula is C13H11BrN2OS. The van der Waals surface area contributed by atoms with E-state index in [2.05, 4.69) is 38.9 Å². The van der Waals surface area contributed by atoms with Gasteiger partial charge in [-0.2, -0.15) is 12.6 Å². The molecule has 0 aliphatic rings. The van der Waals surface area contributed by atoms with E-state index >= 15 is 0 Å². The largest absolute Gasteiger partial charge is 0.309 e. The van der Waals surface area contributed by atoms with Gasteiger partial charge in [0.1, 0.15) is 11.1 Å². The van der Waals surface area contributed by atoms with Crippen molar-refractivity contribution in [3.05, 3.63) is 58.7 Å². The van der Waals surface area contributed by atoms with E-state index in [9.17, 15) is 4.79 Å². The maximum atomic E-state index is 12.0. The van der Waals surface area contributed by atoms with Crippen molar-refractivity contribution < 1.29 is 4.79 Å². The normalized spacial score (nSPS) is 11.9. The lowest BCUT2D eigenvalue weighted by Gasteiger charge is -2.11. The third-order valence-electron chi connectivity index (χ3n) is 2.35. The Bertz CT molecular complexity index is 530. The van der Waals surface area contributed by atoms with Gasteiger partial charge in [-0.1, -0.05) is 34.1 Å². The van der Waals surface area contributed by atoms with Gasteiger partial charge in [0.15, 0.2) is 0 Å². The first kappa shape index (κ1) is 13.1. The number of amides is 1. The molecule has 0 aliphatic carbocycles. The zero-order chi connectivity index (χ0) is 13.0. The molecule has 5 heteroatoms. The summed E-state index contributed by atoms with van der Waals surface area (Å²) in [6.45, 7) is 0. The van der Waals surface area contributed by atoms with Crippen LogP contribution in [-0.4, -0.2) is 10.9 Å². The highest BCUT2D eigenvalue weighted by Crippen LogP contribution is 2.23. The van der Waals surface area contributed by atoms with Crippen LogP contribution in [-0.2, 0) is 4.79 Å². The van der Waals surface area contributed by atoms with E-state index < -0.39 is 5.25 Å². The van der Waals surface area contributed by atoms with Gasteiger partial charge in [-0.15, -0.1) is 0 Å². The van der Waals surface area contributed by atoms with Crippen LogP contribution in [0.25, 0.3) is 0 Å². The van der Waals surface area contributed by atoms with Crippen LogP contribution in [0.4, 0.5) is 5.82 Å². The van der Waals surface area contributed by atoms with Gasteiger partial charge in [-0.3, -0.25) is 4.79 Å². The van der Waals surface area contributed by atoms with Crippen LogP contribution in [0.5, 0.6) is 0 Å². The molecular weight excluding hydrogens is 312 g/mol. The zero-order valence-corrected chi connectivity index (χ0v) is 11.9. The van der Waals surface area contributed by atoms with Gasteiger partial charge in [-0.25, -0.2) is 4.98 Å². The van der Waals surface area contributed by atoms with Crippen LogP contribution >= 0.6 is 28.6 Å². The number of benzene rings is 1. The Morgan fingerprint density at radius 2 is 1.94 bits per heavy atom. The molecule has 3 nitrogen and oxygen atoms in total. The van der Waals surface area contributed by atoms with Gasteiger partial charge in [0.05, 0.1) is 0 Å². The summed E-state index contributed by atoms with van der Waals surface area (Å²) in [4.78, 5) is 16.0. The summed E-state index contributed by atoms with van der Waals surface area (Å²) in [5.41, 5.74) is 0.843. The number of hydrogen-bond acceptors (Lipinski definition) is 3. The summed E-state index contributed by atoms with van der Waals surface area (Å²) in [7, 11) is 0. The smallest absolute Gasteiger partial charge is 0.242 e. The minimum atomic E-state index is -0.514. The van der Waals surface area contributed by atoms with E-state index in [1.165, 1.54) is 0 Å². The van der Waals surface area contributed by atoms with Crippen molar-refractivity contribution in [2.24, 2.45) is 0 Å². The van der Waals surface area contributed by atoms with Crippen molar-refractivity contribution in [3.8, 4) is 0 Å². The molecule has 18 heavy (non-hydrogen) atoms. The average Bonchev–Trinajstić information content (AvgIpc) is 2.40. The number of aromatic nitrogens is 1. The fourth-order valence-corrected chi connectivity index (χ4v) is 1.93. The van der Waals surface area contributed by atoms with Gasteiger partial charge < -0.3 is 5.32 Å². The minimum Gasteiger partial charge on any atom is -0.309 e. The van der Waals surface area contributed by atoms with Gasteiger partial charge in [0.25, 0.3) is 0 Å². The number of nitrogens with one attached hydrogen (secondary N) is 1. The first-order valence-corrected chi connectivity index (χ1v) is 6.63. The number of rotatable bonds is 3. The van der Waals surface area contributed by atoms with Gasteiger partial charge in [0.2, 0.25) is 5.91 Å². The number of hydrogen-bond donors (Lipinski definition) is 2. The van der Waals surface area contributed by atoms with Gasteiger partial charge in [-0.05, 0) is 29.8 Å². The molecule has 1 aromatic heterocycles. The Hall–Kier alpha value is -1.33. The summed E-state index contributed by atoms with van der Waals surface area (Å²) in [5.74, 6) is 0.331. The molecule has 0 spiro atoms. The van der Waals surface area contributed by atoms with Crippen LogP contribution in [0.2, 0.25) is 0 Å². The van der Waals surface area contributed by atoms with Crippen LogP contribution in [0.3, 0.4) is 0 Å². The molecule has 1 unspecified atom stereocenters. The predicted octanol–water partition coefficient (Wildman–Crippen LogP) is 3.45. The number of carbonyl (C=O) groups excluding carboxylic acids is 1. The van der Waals surface area contributed by atoms with Crippen LogP contribution < -0.4 is 5.32 Å². The second-order valence-corrected chi connectivity index (χ2v) is 5.09. The van der Waals surface area contributed by atoms with Crippen molar-refractivity contribution in [1.82, 2.24) is 4.98 Å². The molecule has 1 heterocycles. The van der Waals surface area contributed by atoms with Gasteiger partial charge in [0, 0.05) is 10.7 Å². The maximum Gasteiger partial charge on any atom is 0.242 e. The number of carbonyl (C=O) groups is 1. The molecule has 1 atom stereocenters. The zero-order valence-electron chi connectivity index (χ0n) is 9.38. The third-order valence-corrected chi connectivity index (χ3v) is 3.41. The number of thiol groups is 1. The third kappa shape index (κ3) is 3.34. The summed E-state index contributed by atoms with van der Waals surface area (Å²) < 4.78 is 0.969. The quantitative estimate of drug-likeness (QED) is 0.850. The Kier molecular flexibility index (Phi) is 4.38. The van der Waals surface area contributed by atoms with Crippen LogP contribution in [0, 0.1) is 0 Å². The molecule has 1 amide bonds. The van der Waals surface area contributed by atoms with Gasteiger partial charge >= 0.3 is 0 Å². The Balaban J connectivity index is 2.07. The summed E-state index contributed by atoms with van der Waals surface area (Å²) >= 11 is 7.67. The number of halogens is 1. The molecule has 0 aliphatic heterocycles. The lowest BCUT2D eigenvalue weighted by atomic mass is 10.1. The first-order valence-electron chi connectivity index (χ1n) is 5.32. The van der Waals surface area contributed by atoms with Crippen molar-refractivity contribution in [2.45, 2.75) is 5.25 Å². The number of nitrogens with zero attached hydrogens (tertiary/aromatic N) is 1. The Morgan fingerprint density at radius 1 is 1.22 bits per heavy atom. The van der Waals surface area contributed by atoms with E-state index in [0.29, 0.717) is 5.82 Å². The molecule has 92 valence electrons. The molecule has 0 fully saturated rings. The van der Waals surface area contributed by atoms with Crippen molar-refractivity contribution in [3.63, 3.8) is 0 Å². The van der Waals surface area contributed by atoms with E-state index in [1.54, 1.807) is 18.3 Å². The molecule has 0 radical (unpaired) electrons. The molecule has 2 aromatic rings. The van der Waals surface area contributed by atoms with Crippen molar-refractivity contribution in [1.29, 1.82) is 0 Å². The Labute approximate surface area is 119 Å². The molecule has 0 bridgehead atoms. The molecule has 2 rings (SSSR count). The molecule has 1 N–H and O–H groups in total. The highest BCUT2D eigenvalue weighted by atomic mass is 79.9. The topological polar surface area (TPSA) is 42.0 Å². The number of pyridine rings is 1. The lowest BCUT2D eigenvalue weighted by Crippen LogP contribution is -2.17. The van der Waals surface area contributed by atoms with Crippen LogP contribution in [0.1, 0.15) is 10.8 Å². The lowest BCUT2D eigenvalue weighted by molar-refractivity contribution is -0.115.